The first kappa shape index (κ1) is 64.5. The van der Waals surface area contributed by atoms with Gasteiger partial charge in [0, 0.05) is 33.7 Å². The minimum Gasteiger partial charge on any atom is -0.469 e. The molecule has 3 fully saturated rings. The van der Waals surface area contributed by atoms with Crippen LogP contribution in [0.3, 0.4) is 0 Å². The van der Waals surface area contributed by atoms with Gasteiger partial charge in [-0.3, -0.25) is 9.78 Å². The summed E-state index contributed by atoms with van der Waals surface area (Å²) in [5.41, 5.74) is 15.1. The Morgan fingerprint density at radius 1 is 0.573 bits per heavy atom. The zero-order valence-electron chi connectivity index (χ0n) is 53.8. The SMILES string of the molecule is CCC(CC)(c1ccc(C#CC2(O[Si](C)(C)C)CCCC2)c(C)c1)c1ccc(-c2ccc(CC(=O)OC)nc2)c(C)c1.CCC(CC)(c1ccc(C#CC2(O[Si](C)(C)C)CCCC2)c(C)c1)c1ccc(B2OC(C)(C)C(C)(C)O2)c(C)c1. The van der Waals surface area contributed by atoms with E-state index < -0.39 is 16.6 Å². The highest BCUT2D eigenvalue weighted by Gasteiger charge is 2.52. The number of nitrogens with zero attached hydrogens (tertiary/aromatic N) is 1. The van der Waals surface area contributed by atoms with Gasteiger partial charge < -0.3 is 22.9 Å². The monoisotopic (exact) mass is 1140 g/mol. The van der Waals surface area contributed by atoms with Crippen LogP contribution >= 0.6 is 0 Å². The van der Waals surface area contributed by atoms with Gasteiger partial charge in [-0.1, -0.05) is 124 Å². The summed E-state index contributed by atoms with van der Waals surface area (Å²) >= 11 is 0. The maximum Gasteiger partial charge on any atom is 0.495 e. The third kappa shape index (κ3) is 14.5. The zero-order chi connectivity index (χ0) is 60.1. The number of methoxy groups -OCH3 is 1. The molecule has 7 nitrogen and oxygen atoms in total. The summed E-state index contributed by atoms with van der Waals surface area (Å²) < 4.78 is 30.8. The Balaban J connectivity index is 0.000000236. The van der Waals surface area contributed by atoms with Crippen molar-refractivity contribution in [1.29, 1.82) is 0 Å². The van der Waals surface area contributed by atoms with Crippen LogP contribution < -0.4 is 5.46 Å². The van der Waals surface area contributed by atoms with Crippen molar-refractivity contribution in [2.45, 2.75) is 239 Å². The smallest absolute Gasteiger partial charge is 0.469 e. The molecule has 4 aromatic carbocycles. The number of hydrogen-bond donors (Lipinski definition) is 0. The van der Waals surface area contributed by atoms with Gasteiger partial charge in [-0.2, -0.15) is 0 Å². The standard InChI is InChI=1S/C37H47NO3Si.C35H51BO3Si/c1-9-37(10-2,32-16-18-34(28(4)24-32)30-14-17-33(38-26-30)25-35(39)40-5)31-15-13-29(27(3)23-31)19-22-36(20-11-12-21-36)41-42(6,7)8;1-12-35(13-2,30-18-19-31(27(4)25-30)36-37-32(5,6)33(7,8)38-36)29-17-16-28(26(3)24-29)20-23-34(21-14-15-22-34)39-40(9,10)11/h13-18,23-24,26H,9-12,20-21,25H2,1-8H3;16-19,24-25H,12-15,21-22H2,1-11H3. The second-order valence-electron chi connectivity index (χ2n) is 26.9. The van der Waals surface area contributed by atoms with Crippen molar-refractivity contribution in [3.05, 3.63) is 152 Å². The number of hydrogen-bond acceptors (Lipinski definition) is 7. The van der Waals surface area contributed by atoms with E-state index in [1.807, 2.05) is 18.3 Å². The Morgan fingerprint density at radius 3 is 1.33 bits per heavy atom. The third-order valence-corrected chi connectivity index (χ3v) is 20.5. The Hall–Kier alpha value is -5.04. The van der Waals surface area contributed by atoms with E-state index in [2.05, 4.69) is 224 Å². The Bertz CT molecular complexity index is 3160. The molecule has 2 aliphatic carbocycles. The van der Waals surface area contributed by atoms with Crippen molar-refractivity contribution in [3.63, 3.8) is 0 Å². The summed E-state index contributed by atoms with van der Waals surface area (Å²) in [5.74, 6) is 14.0. The average Bonchev–Trinajstić information content (AvgIpc) is 4.13. The van der Waals surface area contributed by atoms with E-state index in [1.165, 1.54) is 77.3 Å². The van der Waals surface area contributed by atoms with Crippen molar-refractivity contribution in [1.82, 2.24) is 4.98 Å². The fourth-order valence-corrected chi connectivity index (χ4v) is 15.9. The topological polar surface area (TPSA) is 76.1 Å². The number of pyridine rings is 1. The molecule has 10 heteroatoms. The van der Waals surface area contributed by atoms with Gasteiger partial charge in [-0.15, -0.1) is 0 Å². The lowest BCUT2D eigenvalue weighted by molar-refractivity contribution is -0.139. The minimum atomic E-state index is -1.69. The van der Waals surface area contributed by atoms with Crippen LogP contribution in [0.2, 0.25) is 39.3 Å². The number of aromatic nitrogens is 1. The first-order valence-electron chi connectivity index (χ1n) is 30.8. The van der Waals surface area contributed by atoms with Gasteiger partial charge >= 0.3 is 13.1 Å². The van der Waals surface area contributed by atoms with Crippen LogP contribution in [0.25, 0.3) is 11.1 Å². The number of esters is 1. The van der Waals surface area contributed by atoms with Crippen LogP contribution in [0.15, 0.2) is 91.1 Å². The largest absolute Gasteiger partial charge is 0.495 e. The molecular weight excluding hydrogens is 1040 g/mol. The first-order chi connectivity index (χ1) is 38.5. The fraction of sp³-hybridized carbons (Fsp3) is 0.528. The Kier molecular flexibility index (Phi) is 20.2. The molecule has 8 rings (SSSR count). The van der Waals surface area contributed by atoms with E-state index in [-0.39, 0.29) is 52.7 Å². The molecule has 1 saturated heterocycles. The molecule has 0 bridgehead atoms. The van der Waals surface area contributed by atoms with Gasteiger partial charge in [0.2, 0.25) is 0 Å². The number of rotatable bonds is 16. The van der Waals surface area contributed by atoms with Gasteiger partial charge in [0.25, 0.3) is 0 Å². The molecule has 5 aromatic rings. The van der Waals surface area contributed by atoms with Crippen LogP contribution in [0.4, 0.5) is 0 Å². The van der Waals surface area contributed by atoms with Crippen LogP contribution in [0, 0.1) is 51.4 Å². The zero-order valence-corrected chi connectivity index (χ0v) is 55.8. The van der Waals surface area contributed by atoms with E-state index in [1.54, 1.807) is 0 Å². The molecule has 1 aromatic heterocycles. The van der Waals surface area contributed by atoms with Crippen LogP contribution in [0.5, 0.6) is 0 Å². The van der Waals surface area contributed by atoms with Gasteiger partial charge in [0.1, 0.15) is 11.2 Å². The normalized spacial score (nSPS) is 17.3. The van der Waals surface area contributed by atoms with Gasteiger partial charge in [0.05, 0.1) is 30.4 Å². The maximum absolute atomic E-state index is 11.6. The highest BCUT2D eigenvalue weighted by atomic mass is 28.4. The van der Waals surface area contributed by atoms with E-state index >= 15 is 0 Å². The summed E-state index contributed by atoms with van der Waals surface area (Å²) in [4.78, 5) is 16.1. The van der Waals surface area contributed by atoms with Gasteiger partial charge in [-0.05, 0) is 240 Å². The van der Waals surface area contributed by atoms with Crippen molar-refractivity contribution in [2.24, 2.45) is 0 Å². The van der Waals surface area contributed by atoms with Crippen molar-refractivity contribution in [2.75, 3.05) is 7.11 Å². The van der Waals surface area contributed by atoms with Crippen molar-refractivity contribution >= 4 is 35.2 Å². The summed E-state index contributed by atoms with van der Waals surface area (Å²) in [6, 6.07) is 31.4. The predicted molar refractivity (Wildman–Crippen MR) is 347 cm³/mol. The molecule has 0 radical (unpaired) electrons. The summed E-state index contributed by atoms with van der Waals surface area (Å²) in [6.07, 6.45) is 15.1. The molecular formula is C72H98BNO6Si2. The van der Waals surface area contributed by atoms with Crippen LogP contribution in [0.1, 0.15) is 194 Å². The van der Waals surface area contributed by atoms with E-state index in [9.17, 15) is 4.79 Å². The lowest BCUT2D eigenvalue weighted by Gasteiger charge is -2.34. The number of carbonyl (C=O) groups is 1. The van der Waals surface area contributed by atoms with E-state index in [0.717, 1.165) is 79.1 Å². The quantitative estimate of drug-likeness (QED) is 0.0553. The van der Waals surface area contributed by atoms with Crippen molar-refractivity contribution in [3.8, 4) is 34.8 Å². The van der Waals surface area contributed by atoms with Gasteiger partial charge in [0.15, 0.2) is 16.6 Å². The third-order valence-electron chi connectivity index (χ3n) is 18.4. The number of aryl methyl sites for hydroxylation is 4. The summed E-state index contributed by atoms with van der Waals surface area (Å²) in [6.45, 7) is 40.0. The fourth-order valence-electron chi connectivity index (χ4n) is 13.0. The van der Waals surface area contributed by atoms with Gasteiger partial charge in [-0.25, -0.2) is 0 Å². The summed E-state index contributed by atoms with van der Waals surface area (Å²) in [5, 5.41) is 0. The number of benzene rings is 4. The molecule has 0 amide bonds. The Morgan fingerprint density at radius 2 is 0.976 bits per heavy atom. The molecule has 3 aliphatic rings. The lowest BCUT2D eigenvalue weighted by atomic mass is 9.68. The lowest BCUT2D eigenvalue weighted by Crippen LogP contribution is -2.41. The molecule has 0 N–H and O–H groups in total. The van der Waals surface area contributed by atoms with E-state index in [4.69, 9.17) is 22.9 Å². The first-order valence-corrected chi connectivity index (χ1v) is 37.6. The molecule has 0 spiro atoms. The van der Waals surface area contributed by atoms with Crippen LogP contribution in [-0.4, -0.2) is 64.2 Å². The van der Waals surface area contributed by atoms with E-state index in [0.29, 0.717) is 5.69 Å². The second kappa shape index (κ2) is 25.7. The molecule has 2 heterocycles. The molecule has 0 atom stereocenters. The molecule has 0 unspecified atom stereocenters. The molecule has 438 valence electrons. The molecule has 2 saturated carbocycles. The highest BCUT2D eigenvalue weighted by molar-refractivity contribution is 6.70. The number of carbonyl (C=O) groups excluding carboxylic acids is 1. The maximum atomic E-state index is 11.6. The second-order valence-corrected chi connectivity index (χ2v) is 35.8. The highest BCUT2D eigenvalue weighted by Crippen LogP contribution is 2.44. The van der Waals surface area contributed by atoms with Crippen molar-refractivity contribution < 1.29 is 27.7 Å². The average molecular weight is 1140 g/mol. The minimum absolute atomic E-state index is 0.0659. The number of ether oxygens (including phenoxy) is 1. The molecule has 82 heavy (non-hydrogen) atoms. The molecule has 1 aliphatic heterocycles. The predicted octanol–water partition coefficient (Wildman–Crippen LogP) is 16.9. The van der Waals surface area contributed by atoms with Crippen LogP contribution in [-0.2, 0) is 44.9 Å². The Labute approximate surface area is 498 Å². The summed E-state index contributed by atoms with van der Waals surface area (Å²) in [7, 11) is -2.31.